The molecule has 2 rings (SSSR count). The molecule has 0 bridgehead atoms. The maximum atomic E-state index is 11.3. The molecule has 1 aromatic carbocycles. The molecule has 228 valence electrons. The van der Waals surface area contributed by atoms with Gasteiger partial charge in [-0.3, -0.25) is 25.4 Å². The molecule has 1 aliphatic rings. The molecule has 8 nitrogen and oxygen atoms in total. The van der Waals surface area contributed by atoms with Crippen LogP contribution in [-0.2, 0) is 17.9 Å². The predicted molar refractivity (Wildman–Crippen MR) is 173 cm³/mol. The second-order valence-electron chi connectivity index (χ2n) is 8.50. The van der Waals surface area contributed by atoms with Crippen LogP contribution in [0.25, 0.3) is 0 Å². The van der Waals surface area contributed by atoms with E-state index in [1.807, 2.05) is 33.8 Å². The van der Waals surface area contributed by atoms with E-state index in [1.165, 1.54) is 30.6 Å². The summed E-state index contributed by atoms with van der Waals surface area (Å²) in [5, 5.41) is 8.51. The topological polar surface area (TPSA) is 84.7 Å². The van der Waals surface area contributed by atoms with Gasteiger partial charge in [-0.25, -0.2) is 14.9 Å². The maximum Gasteiger partial charge on any atom is 0.147 e. The summed E-state index contributed by atoms with van der Waals surface area (Å²) in [6.07, 6.45) is 5.66. The lowest BCUT2D eigenvalue weighted by Crippen LogP contribution is -2.45. The van der Waals surface area contributed by atoms with E-state index < -0.39 is 6.67 Å². The highest BCUT2D eigenvalue weighted by Crippen LogP contribution is 2.11. The first kappa shape index (κ1) is 39.8. The normalized spacial score (nSPS) is 13.9. The number of nitrogens with one attached hydrogen (secondary N) is 2. The number of hydroxylamine groups is 2. The summed E-state index contributed by atoms with van der Waals surface area (Å²) >= 11 is 3.04. The number of hydrogen-bond acceptors (Lipinski definition) is 6. The molecule has 0 amide bonds. The van der Waals surface area contributed by atoms with Gasteiger partial charge >= 0.3 is 0 Å². The lowest BCUT2D eigenvalue weighted by atomic mass is 10.1. The van der Waals surface area contributed by atoms with E-state index in [-0.39, 0.29) is 0 Å². The molecule has 0 unspecified atom stereocenters. The van der Waals surface area contributed by atoms with Crippen LogP contribution in [0.15, 0.2) is 70.8 Å². The highest BCUT2D eigenvalue weighted by molar-refractivity contribution is 9.09. The largest absolute Gasteiger partial charge is 0.301 e. The number of nitrogens with zero attached hydrogens (tertiary/aromatic N) is 4. The molecule has 1 aromatic rings. The number of alkyl halides is 2. The lowest BCUT2D eigenvalue weighted by molar-refractivity contribution is 0.132. The van der Waals surface area contributed by atoms with Crippen molar-refractivity contribution in [2.45, 2.75) is 54.1 Å². The van der Waals surface area contributed by atoms with Crippen LogP contribution >= 0.6 is 15.9 Å². The molecule has 1 saturated heterocycles. The summed E-state index contributed by atoms with van der Waals surface area (Å²) in [5.41, 5.74) is 8.55. The Morgan fingerprint density at radius 1 is 1.10 bits per heavy atom. The van der Waals surface area contributed by atoms with E-state index in [4.69, 9.17) is 10.0 Å². The third-order valence-electron chi connectivity index (χ3n) is 5.30. The molecule has 0 spiro atoms. The van der Waals surface area contributed by atoms with Crippen LogP contribution in [0.5, 0.6) is 0 Å². The minimum atomic E-state index is -0.411. The van der Waals surface area contributed by atoms with Crippen LogP contribution in [0.2, 0.25) is 0 Å². The van der Waals surface area contributed by atoms with Gasteiger partial charge in [-0.1, -0.05) is 87.1 Å². The number of aliphatic imine (C=N–C) groups is 2. The summed E-state index contributed by atoms with van der Waals surface area (Å²) in [6.45, 7) is 24.5. The van der Waals surface area contributed by atoms with Crippen molar-refractivity contribution in [2.24, 2.45) is 9.98 Å². The first-order chi connectivity index (χ1) is 19.3. The summed E-state index contributed by atoms with van der Waals surface area (Å²) in [4.78, 5) is 18.1. The zero-order valence-corrected chi connectivity index (χ0v) is 27.0. The van der Waals surface area contributed by atoms with Gasteiger partial charge in [0.05, 0.1) is 13.7 Å². The van der Waals surface area contributed by atoms with Gasteiger partial charge in [-0.2, -0.15) is 0 Å². The molecule has 0 radical (unpaired) electrons. The van der Waals surface area contributed by atoms with Crippen LogP contribution in [-0.4, -0.2) is 79.0 Å². The number of benzene rings is 1. The molecule has 10 heteroatoms. The van der Waals surface area contributed by atoms with Crippen molar-refractivity contribution in [1.82, 2.24) is 20.8 Å². The molecule has 1 aliphatic heterocycles. The second-order valence-corrected chi connectivity index (χ2v) is 9.06. The summed E-state index contributed by atoms with van der Waals surface area (Å²) < 4.78 is 11.3. The predicted octanol–water partition coefficient (Wildman–Crippen LogP) is 6.30. The van der Waals surface area contributed by atoms with Crippen LogP contribution in [0.1, 0.15) is 52.2 Å². The molecule has 3 N–H and O–H groups in total. The van der Waals surface area contributed by atoms with E-state index in [0.717, 1.165) is 38.2 Å². The van der Waals surface area contributed by atoms with Gasteiger partial charge in [0.2, 0.25) is 0 Å². The number of allylic oxidation sites excluding steroid dienone is 2. The molecule has 0 aromatic heterocycles. The Balaban J connectivity index is 0. The van der Waals surface area contributed by atoms with Gasteiger partial charge in [0.15, 0.2) is 0 Å². The van der Waals surface area contributed by atoms with Gasteiger partial charge in [0.25, 0.3) is 0 Å². The molecular weight excluding hydrogens is 575 g/mol. The van der Waals surface area contributed by atoms with Gasteiger partial charge < -0.3 is 4.90 Å². The Morgan fingerprint density at radius 2 is 1.68 bits per heavy atom. The first-order valence-corrected chi connectivity index (χ1v) is 14.8. The summed E-state index contributed by atoms with van der Waals surface area (Å²) in [6, 6.07) is 8.73. The van der Waals surface area contributed by atoms with Crippen molar-refractivity contribution in [3.8, 4) is 0 Å². The number of likely N-dealkylation sites (N-methyl/N-ethyl adjacent to an activating group) is 1. The molecule has 1 fully saturated rings. The van der Waals surface area contributed by atoms with Crippen molar-refractivity contribution < 1.29 is 14.4 Å². The van der Waals surface area contributed by atoms with Crippen molar-refractivity contribution in [3.63, 3.8) is 0 Å². The monoisotopic (exact) mass is 626 g/mol. The van der Waals surface area contributed by atoms with Gasteiger partial charge in [0, 0.05) is 44.3 Å². The summed E-state index contributed by atoms with van der Waals surface area (Å²) in [7, 11) is 1.58. The van der Waals surface area contributed by atoms with E-state index in [2.05, 4.69) is 85.5 Å². The number of amidine groups is 1. The smallest absolute Gasteiger partial charge is 0.147 e. The highest BCUT2D eigenvalue weighted by Gasteiger charge is 2.15. The first-order valence-electron chi connectivity index (χ1n) is 13.7. The molecule has 1 heterocycles. The Labute approximate surface area is 250 Å². The minimum Gasteiger partial charge on any atom is -0.301 e. The Hall–Kier alpha value is -2.37. The van der Waals surface area contributed by atoms with E-state index in [1.54, 1.807) is 18.8 Å². The number of halogens is 2. The van der Waals surface area contributed by atoms with Gasteiger partial charge in [-0.15, -0.1) is 0 Å². The maximum absolute atomic E-state index is 11.3. The third-order valence-corrected chi connectivity index (χ3v) is 6.09. The fourth-order valence-corrected chi connectivity index (χ4v) is 3.22. The van der Waals surface area contributed by atoms with E-state index >= 15 is 0 Å². The number of rotatable bonds is 12. The molecule has 0 aliphatic carbocycles. The van der Waals surface area contributed by atoms with E-state index in [9.17, 15) is 4.39 Å². The van der Waals surface area contributed by atoms with Gasteiger partial charge in [0.1, 0.15) is 18.8 Å². The van der Waals surface area contributed by atoms with E-state index in [0.29, 0.717) is 23.3 Å². The number of hydrogen-bond donors (Lipinski definition) is 3. The van der Waals surface area contributed by atoms with Crippen molar-refractivity contribution in [1.29, 1.82) is 0 Å². The SMILES string of the molecule is C=C(C)C(=NCc1ccc(CN2CCN(CC)CC2)cc1)NOC.C=C(CF)CBr.CC.CC/C=C/N=CNO. The Morgan fingerprint density at radius 3 is 2.10 bits per heavy atom. The fraction of sp³-hybridized carbons (Fsp3) is 0.533. The van der Waals surface area contributed by atoms with Gasteiger partial charge in [-0.05, 0) is 42.2 Å². The fourth-order valence-electron chi connectivity index (χ4n) is 3.07. The molecule has 0 saturated carbocycles. The van der Waals surface area contributed by atoms with Crippen molar-refractivity contribution in [3.05, 3.63) is 72.0 Å². The average Bonchev–Trinajstić information content (AvgIpc) is 2.99. The zero-order chi connectivity index (χ0) is 30.6. The zero-order valence-electron chi connectivity index (χ0n) is 25.4. The van der Waals surface area contributed by atoms with Crippen LogP contribution < -0.4 is 11.0 Å². The summed E-state index contributed by atoms with van der Waals surface area (Å²) in [5.74, 6) is 0.690. The third kappa shape index (κ3) is 21.5. The lowest BCUT2D eigenvalue weighted by Gasteiger charge is -2.34. The molecular formula is C30H52BrFN6O2. The quantitative estimate of drug-likeness (QED) is 0.0830. The van der Waals surface area contributed by atoms with Crippen molar-refractivity contribution in [2.75, 3.05) is 51.8 Å². The van der Waals surface area contributed by atoms with Crippen LogP contribution in [0.3, 0.4) is 0 Å². The number of piperazine rings is 1. The Kier molecular flexibility index (Phi) is 28.0. The second kappa shape index (κ2) is 28.2. The van der Waals surface area contributed by atoms with Crippen molar-refractivity contribution >= 4 is 28.1 Å². The molecule has 0 atom stereocenters. The van der Waals surface area contributed by atoms with Crippen LogP contribution in [0.4, 0.5) is 4.39 Å². The highest BCUT2D eigenvalue weighted by atomic mass is 79.9. The molecule has 40 heavy (non-hydrogen) atoms. The standard InChI is InChI=1S/C19H30N4O.C5H10N2O.C4H6BrF.C2H6/c1-5-22-10-12-23(13-11-22)15-18-8-6-17(7-9-18)14-20-19(16(2)3)21-24-4;1-2-3-4-6-5-7-8;1-4(2-5)3-6;1-2/h6-9H,2,5,10-15H2,1,3-4H3,(H,20,21);3-5,8H,2H2,1H3,(H,6,7);1-3H2;1-2H3/b;4-3+;;. The average molecular weight is 628 g/mol. The minimum absolute atomic E-state index is 0.411. The van der Waals surface area contributed by atoms with Crippen LogP contribution in [0, 0.1) is 0 Å². The Bertz CT molecular complexity index is 836.